The predicted octanol–water partition coefficient (Wildman–Crippen LogP) is 4.33. The van der Waals surface area contributed by atoms with Crippen LogP contribution in [-0.2, 0) is 6.42 Å². The van der Waals surface area contributed by atoms with E-state index in [0.717, 1.165) is 12.0 Å². The van der Waals surface area contributed by atoms with Gasteiger partial charge in [0, 0.05) is 5.39 Å². The van der Waals surface area contributed by atoms with E-state index in [4.69, 9.17) is 4.42 Å². The lowest BCUT2D eigenvalue weighted by Gasteiger charge is -2.02. The van der Waals surface area contributed by atoms with Crippen LogP contribution in [0.4, 0.5) is 0 Å². The van der Waals surface area contributed by atoms with Crippen molar-refractivity contribution < 1.29 is 4.42 Å². The monoisotopic (exact) mass is 222 g/mol. The van der Waals surface area contributed by atoms with Gasteiger partial charge < -0.3 is 4.42 Å². The summed E-state index contributed by atoms with van der Waals surface area (Å²) in [5.74, 6) is 0. The molecule has 0 spiro atoms. The average molecular weight is 222 g/mol. The van der Waals surface area contributed by atoms with E-state index in [-0.39, 0.29) is 0 Å². The van der Waals surface area contributed by atoms with Crippen LogP contribution in [0.2, 0.25) is 0 Å². The highest BCUT2D eigenvalue weighted by molar-refractivity contribution is 5.81. The maximum absolute atomic E-state index is 5.45. The van der Waals surface area contributed by atoms with E-state index in [9.17, 15) is 0 Å². The lowest BCUT2D eigenvalue weighted by molar-refractivity contribution is 0.613. The van der Waals surface area contributed by atoms with Crippen LogP contribution in [0.1, 0.15) is 16.7 Å². The van der Waals surface area contributed by atoms with Gasteiger partial charge in [-0.15, -0.1) is 0 Å². The molecule has 1 nitrogen and oxygen atoms in total. The molecule has 3 aromatic rings. The Bertz CT molecular complexity index is 635. The van der Waals surface area contributed by atoms with E-state index in [1.807, 2.05) is 12.3 Å². The second-order valence-corrected chi connectivity index (χ2v) is 4.41. The molecule has 0 aliphatic rings. The van der Waals surface area contributed by atoms with Crippen molar-refractivity contribution in [3.8, 4) is 0 Å². The zero-order valence-electron chi connectivity index (χ0n) is 9.81. The van der Waals surface area contributed by atoms with Gasteiger partial charge in [0.1, 0.15) is 5.58 Å². The normalized spacial score (nSPS) is 10.9. The second-order valence-electron chi connectivity index (χ2n) is 4.41. The molecule has 1 aromatic heterocycles. The van der Waals surface area contributed by atoms with Gasteiger partial charge in [-0.2, -0.15) is 0 Å². The van der Waals surface area contributed by atoms with Crippen molar-refractivity contribution in [2.45, 2.75) is 13.3 Å². The van der Waals surface area contributed by atoms with Crippen LogP contribution in [-0.4, -0.2) is 0 Å². The van der Waals surface area contributed by atoms with Crippen LogP contribution in [0.5, 0.6) is 0 Å². The highest BCUT2D eigenvalue weighted by Gasteiger charge is 2.03. The molecule has 17 heavy (non-hydrogen) atoms. The van der Waals surface area contributed by atoms with Crippen molar-refractivity contribution in [3.05, 3.63) is 71.5 Å². The van der Waals surface area contributed by atoms with Gasteiger partial charge in [0.05, 0.1) is 6.26 Å². The SMILES string of the molecule is Cc1coc2ccc(Cc3ccccc3)cc12. The maximum Gasteiger partial charge on any atom is 0.134 e. The van der Waals surface area contributed by atoms with E-state index in [2.05, 4.69) is 49.4 Å². The van der Waals surface area contributed by atoms with Crippen molar-refractivity contribution in [3.63, 3.8) is 0 Å². The number of aryl methyl sites for hydroxylation is 1. The van der Waals surface area contributed by atoms with Gasteiger partial charge in [-0.1, -0.05) is 36.4 Å². The van der Waals surface area contributed by atoms with Crippen LogP contribution in [0.15, 0.2) is 59.2 Å². The molecule has 0 aliphatic heterocycles. The third kappa shape index (κ3) is 1.96. The highest BCUT2D eigenvalue weighted by Crippen LogP contribution is 2.22. The molecule has 0 unspecified atom stereocenters. The van der Waals surface area contributed by atoms with Gasteiger partial charge in [-0.05, 0) is 42.2 Å². The third-order valence-electron chi connectivity index (χ3n) is 3.08. The fourth-order valence-electron chi connectivity index (χ4n) is 2.14. The van der Waals surface area contributed by atoms with Crippen LogP contribution in [0.25, 0.3) is 11.0 Å². The Morgan fingerprint density at radius 3 is 2.59 bits per heavy atom. The van der Waals surface area contributed by atoms with E-state index in [0.29, 0.717) is 0 Å². The summed E-state index contributed by atoms with van der Waals surface area (Å²) in [7, 11) is 0. The first-order chi connectivity index (χ1) is 8.33. The van der Waals surface area contributed by atoms with Gasteiger partial charge in [0.25, 0.3) is 0 Å². The predicted molar refractivity (Wildman–Crippen MR) is 70.2 cm³/mol. The number of hydrogen-bond donors (Lipinski definition) is 0. The Balaban J connectivity index is 1.98. The van der Waals surface area contributed by atoms with Gasteiger partial charge in [0.15, 0.2) is 0 Å². The molecule has 0 aliphatic carbocycles. The summed E-state index contributed by atoms with van der Waals surface area (Å²) in [5.41, 5.74) is 4.84. The Morgan fingerprint density at radius 1 is 0.941 bits per heavy atom. The zero-order valence-corrected chi connectivity index (χ0v) is 9.81. The maximum atomic E-state index is 5.45. The number of furan rings is 1. The van der Waals surface area contributed by atoms with Gasteiger partial charge in [-0.3, -0.25) is 0 Å². The zero-order chi connectivity index (χ0) is 11.7. The molecule has 0 N–H and O–H groups in total. The third-order valence-corrected chi connectivity index (χ3v) is 3.08. The summed E-state index contributed by atoms with van der Waals surface area (Å²) >= 11 is 0. The van der Waals surface area contributed by atoms with Crippen LogP contribution < -0.4 is 0 Å². The van der Waals surface area contributed by atoms with E-state index in [1.54, 1.807) is 0 Å². The number of fused-ring (bicyclic) bond motifs is 1. The molecule has 0 amide bonds. The minimum absolute atomic E-state index is 0.972. The van der Waals surface area contributed by atoms with E-state index >= 15 is 0 Å². The Morgan fingerprint density at radius 2 is 1.76 bits per heavy atom. The van der Waals surface area contributed by atoms with Crippen LogP contribution in [0.3, 0.4) is 0 Å². The highest BCUT2D eigenvalue weighted by atomic mass is 16.3. The lowest BCUT2D eigenvalue weighted by Crippen LogP contribution is -1.87. The summed E-state index contributed by atoms with van der Waals surface area (Å²) < 4.78 is 5.45. The van der Waals surface area contributed by atoms with Gasteiger partial charge in [-0.25, -0.2) is 0 Å². The number of hydrogen-bond acceptors (Lipinski definition) is 1. The largest absolute Gasteiger partial charge is 0.464 e. The fourth-order valence-corrected chi connectivity index (χ4v) is 2.14. The van der Waals surface area contributed by atoms with Crippen molar-refractivity contribution in [2.75, 3.05) is 0 Å². The van der Waals surface area contributed by atoms with E-state index < -0.39 is 0 Å². The van der Waals surface area contributed by atoms with Crippen LogP contribution in [0, 0.1) is 6.92 Å². The molecule has 2 aromatic carbocycles. The first-order valence-electron chi connectivity index (χ1n) is 5.83. The molecular formula is C16H14O. The smallest absolute Gasteiger partial charge is 0.134 e. The first kappa shape index (κ1) is 10.2. The standard InChI is InChI=1S/C16H14O/c1-12-11-17-16-8-7-14(10-15(12)16)9-13-5-3-2-4-6-13/h2-8,10-11H,9H2,1H3. The Kier molecular flexibility index (Phi) is 2.45. The molecule has 1 heteroatoms. The molecule has 0 bridgehead atoms. The fraction of sp³-hybridized carbons (Fsp3) is 0.125. The van der Waals surface area contributed by atoms with Crippen LogP contribution >= 0.6 is 0 Å². The molecule has 0 saturated carbocycles. The van der Waals surface area contributed by atoms with Crippen molar-refractivity contribution >= 4 is 11.0 Å². The summed E-state index contributed by atoms with van der Waals surface area (Å²) in [4.78, 5) is 0. The molecule has 0 atom stereocenters. The number of benzene rings is 2. The summed E-state index contributed by atoms with van der Waals surface area (Å²) in [6.07, 6.45) is 2.79. The molecule has 0 fully saturated rings. The first-order valence-corrected chi connectivity index (χ1v) is 5.83. The van der Waals surface area contributed by atoms with Crippen molar-refractivity contribution in [1.82, 2.24) is 0 Å². The Hall–Kier alpha value is -2.02. The minimum Gasteiger partial charge on any atom is -0.464 e. The topological polar surface area (TPSA) is 13.1 Å². The lowest BCUT2D eigenvalue weighted by atomic mass is 10.0. The molecule has 0 radical (unpaired) electrons. The van der Waals surface area contributed by atoms with Crippen molar-refractivity contribution in [2.24, 2.45) is 0 Å². The molecule has 1 heterocycles. The van der Waals surface area contributed by atoms with Crippen molar-refractivity contribution in [1.29, 1.82) is 0 Å². The Labute approximate surface area is 101 Å². The summed E-state index contributed by atoms with van der Waals surface area (Å²) in [5, 5.41) is 1.22. The van der Waals surface area contributed by atoms with Gasteiger partial charge >= 0.3 is 0 Å². The molecule has 0 saturated heterocycles. The average Bonchev–Trinajstić information content (AvgIpc) is 2.73. The molecule has 3 rings (SSSR count). The number of rotatable bonds is 2. The quantitative estimate of drug-likeness (QED) is 0.629. The van der Waals surface area contributed by atoms with E-state index in [1.165, 1.54) is 22.1 Å². The van der Waals surface area contributed by atoms with Gasteiger partial charge in [0.2, 0.25) is 0 Å². The minimum atomic E-state index is 0.972. The summed E-state index contributed by atoms with van der Waals surface area (Å²) in [6, 6.07) is 16.9. The molecule has 84 valence electrons. The second kappa shape index (κ2) is 4.10. The summed E-state index contributed by atoms with van der Waals surface area (Å²) in [6.45, 7) is 2.08. The molecular weight excluding hydrogens is 208 g/mol.